The first kappa shape index (κ1) is 11.2. The second kappa shape index (κ2) is 5.17. The van der Waals surface area contributed by atoms with E-state index in [4.69, 9.17) is 4.74 Å². The van der Waals surface area contributed by atoms with Crippen molar-refractivity contribution in [2.75, 3.05) is 13.2 Å². The normalized spacial score (nSPS) is 18.7. The maximum absolute atomic E-state index is 5.62. The summed E-state index contributed by atoms with van der Waals surface area (Å²) in [5.41, 5.74) is 2.52. The highest BCUT2D eigenvalue weighted by Gasteiger charge is 2.19. The first-order chi connectivity index (χ1) is 7.77. The Morgan fingerprint density at radius 3 is 3.12 bits per heavy atom. The Hall–Kier alpha value is -1.28. The number of hydrogen-bond donors (Lipinski definition) is 1. The Balaban J connectivity index is 1.99. The van der Waals surface area contributed by atoms with Crippen molar-refractivity contribution in [2.24, 2.45) is 0 Å². The van der Waals surface area contributed by atoms with Gasteiger partial charge < -0.3 is 10.1 Å². The summed E-state index contributed by atoms with van der Waals surface area (Å²) in [6, 6.07) is 8.72. The molecule has 1 aromatic rings. The van der Waals surface area contributed by atoms with E-state index in [1.165, 1.54) is 11.1 Å². The molecule has 2 rings (SSSR count). The van der Waals surface area contributed by atoms with Crippen molar-refractivity contribution >= 4 is 0 Å². The Labute approximate surface area is 97.3 Å². The van der Waals surface area contributed by atoms with Crippen LogP contribution >= 0.6 is 0 Å². The van der Waals surface area contributed by atoms with Crippen molar-refractivity contribution in [3.05, 3.63) is 42.0 Å². The van der Waals surface area contributed by atoms with Gasteiger partial charge in [-0.3, -0.25) is 0 Å². The van der Waals surface area contributed by atoms with Gasteiger partial charge >= 0.3 is 0 Å². The summed E-state index contributed by atoms with van der Waals surface area (Å²) in [7, 11) is 0. The molecule has 2 heteroatoms. The van der Waals surface area contributed by atoms with E-state index in [9.17, 15) is 0 Å². The molecular formula is C14H19NO. The van der Waals surface area contributed by atoms with Crippen LogP contribution in [0.4, 0.5) is 0 Å². The number of fused-ring (bicyclic) bond motifs is 1. The minimum Gasteiger partial charge on any atom is -0.493 e. The Bertz CT molecular complexity index is 373. The van der Waals surface area contributed by atoms with E-state index >= 15 is 0 Å². The van der Waals surface area contributed by atoms with Gasteiger partial charge in [-0.25, -0.2) is 0 Å². The van der Waals surface area contributed by atoms with Gasteiger partial charge in [0.25, 0.3) is 0 Å². The van der Waals surface area contributed by atoms with Gasteiger partial charge in [0.2, 0.25) is 0 Å². The molecule has 0 amide bonds. The zero-order chi connectivity index (χ0) is 11.4. The van der Waals surface area contributed by atoms with Crippen LogP contribution in [0.25, 0.3) is 0 Å². The van der Waals surface area contributed by atoms with E-state index in [1.807, 2.05) is 12.1 Å². The molecule has 1 unspecified atom stereocenters. The molecule has 86 valence electrons. The van der Waals surface area contributed by atoms with Gasteiger partial charge in [0.15, 0.2) is 0 Å². The lowest BCUT2D eigenvalue weighted by Crippen LogP contribution is -2.27. The highest BCUT2D eigenvalue weighted by Crippen LogP contribution is 2.31. The smallest absolute Gasteiger partial charge is 0.124 e. The summed E-state index contributed by atoms with van der Waals surface area (Å²) in [6.45, 7) is 7.79. The van der Waals surface area contributed by atoms with E-state index in [2.05, 4.69) is 31.0 Å². The molecule has 0 saturated carbocycles. The molecule has 0 spiro atoms. The van der Waals surface area contributed by atoms with E-state index < -0.39 is 0 Å². The van der Waals surface area contributed by atoms with Crippen LogP contribution in [-0.4, -0.2) is 13.2 Å². The van der Waals surface area contributed by atoms with Crippen LogP contribution in [-0.2, 0) is 0 Å². The molecule has 1 aromatic carbocycles. The molecule has 2 nitrogen and oxygen atoms in total. The summed E-state index contributed by atoms with van der Waals surface area (Å²) in [5.74, 6) is 1.03. The first-order valence-electron chi connectivity index (χ1n) is 5.87. The molecule has 1 aliphatic heterocycles. The number of para-hydroxylation sites is 1. The molecule has 0 saturated heterocycles. The maximum Gasteiger partial charge on any atom is 0.124 e. The lowest BCUT2D eigenvalue weighted by molar-refractivity contribution is 0.253. The summed E-state index contributed by atoms with van der Waals surface area (Å²) in [6.07, 6.45) is 2.09. The fourth-order valence-corrected chi connectivity index (χ4v) is 2.01. The van der Waals surface area contributed by atoms with Gasteiger partial charge in [-0.15, -0.1) is 6.58 Å². The van der Waals surface area contributed by atoms with E-state index in [1.54, 1.807) is 0 Å². The Kier molecular flexibility index (Phi) is 3.62. The average molecular weight is 217 g/mol. The molecule has 0 radical (unpaired) electrons. The molecule has 16 heavy (non-hydrogen) atoms. The zero-order valence-corrected chi connectivity index (χ0v) is 9.83. The van der Waals surface area contributed by atoms with Gasteiger partial charge in [-0.05, 0) is 26.0 Å². The van der Waals surface area contributed by atoms with Crippen LogP contribution in [0.5, 0.6) is 5.75 Å². The zero-order valence-electron chi connectivity index (χ0n) is 9.83. The van der Waals surface area contributed by atoms with Crippen molar-refractivity contribution in [1.29, 1.82) is 0 Å². The number of hydrogen-bond acceptors (Lipinski definition) is 2. The molecule has 1 N–H and O–H groups in total. The number of nitrogens with one attached hydrogen (secondary N) is 1. The van der Waals surface area contributed by atoms with Gasteiger partial charge in [-0.1, -0.05) is 23.8 Å². The first-order valence-corrected chi connectivity index (χ1v) is 5.87. The van der Waals surface area contributed by atoms with Gasteiger partial charge in [0, 0.05) is 18.0 Å². The predicted octanol–water partition coefficient (Wildman–Crippen LogP) is 3.07. The number of ether oxygens (including phenoxy) is 1. The van der Waals surface area contributed by atoms with Gasteiger partial charge in [-0.2, -0.15) is 0 Å². The van der Waals surface area contributed by atoms with Crippen LogP contribution < -0.4 is 10.1 Å². The quantitative estimate of drug-likeness (QED) is 0.783. The summed E-state index contributed by atoms with van der Waals surface area (Å²) >= 11 is 0. The third-order valence-corrected chi connectivity index (χ3v) is 2.90. The Morgan fingerprint density at radius 2 is 2.31 bits per heavy atom. The van der Waals surface area contributed by atoms with Gasteiger partial charge in [0.05, 0.1) is 6.61 Å². The molecule has 1 aliphatic rings. The van der Waals surface area contributed by atoms with Crippen molar-refractivity contribution in [3.63, 3.8) is 0 Å². The molecule has 0 aliphatic carbocycles. The molecule has 1 atom stereocenters. The monoisotopic (exact) mass is 217 g/mol. The topological polar surface area (TPSA) is 21.3 Å². The van der Waals surface area contributed by atoms with Crippen LogP contribution in [0.3, 0.4) is 0 Å². The number of benzene rings is 1. The van der Waals surface area contributed by atoms with E-state index in [0.717, 1.165) is 31.7 Å². The van der Waals surface area contributed by atoms with Crippen molar-refractivity contribution in [2.45, 2.75) is 25.8 Å². The summed E-state index contributed by atoms with van der Waals surface area (Å²) in [5, 5.41) is 3.57. The molecule has 0 aromatic heterocycles. The standard InChI is InChI=1S/C14H19NO/c1-11(2)7-9-15-13-8-10-16-14-6-4-3-5-12(13)14/h3-6,13,15H,1,7-10H2,2H3. The predicted molar refractivity (Wildman–Crippen MR) is 66.7 cm³/mol. The Morgan fingerprint density at radius 1 is 1.50 bits per heavy atom. The maximum atomic E-state index is 5.62. The van der Waals surface area contributed by atoms with Crippen molar-refractivity contribution in [1.82, 2.24) is 5.32 Å². The highest BCUT2D eigenvalue weighted by molar-refractivity contribution is 5.37. The fraction of sp³-hybridized carbons (Fsp3) is 0.429. The summed E-state index contributed by atoms with van der Waals surface area (Å²) < 4.78 is 5.62. The minimum absolute atomic E-state index is 0.435. The number of rotatable bonds is 4. The fourth-order valence-electron chi connectivity index (χ4n) is 2.01. The molecule has 1 heterocycles. The molecule has 0 fully saturated rings. The van der Waals surface area contributed by atoms with Crippen LogP contribution in [0.1, 0.15) is 31.4 Å². The van der Waals surface area contributed by atoms with Crippen LogP contribution in [0.15, 0.2) is 36.4 Å². The van der Waals surface area contributed by atoms with Crippen LogP contribution in [0, 0.1) is 0 Å². The average Bonchev–Trinajstić information content (AvgIpc) is 2.29. The summed E-state index contributed by atoms with van der Waals surface area (Å²) in [4.78, 5) is 0. The van der Waals surface area contributed by atoms with E-state index in [-0.39, 0.29) is 0 Å². The molecule has 0 bridgehead atoms. The molecular weight excluding hydrogens is 198 g/mol. The lowest BCUT2D eigenvalue weighted by atomic mass is 10.0. The van der Waals surface area contributed by atoms with Crippen molar-refractivity contribution in [3.8, 4) is 5.75 Å². The SMILES string of the molecule is C=C(C)CCNC1CCOc2ccccc21. The van der Waals surface area contributed by atoms with Crippen LogP contribution in [0.2, 0.25) is 0 Å². The second-order valence-electron chi connectivity index (χ2n) is 4.39. The van der Waals surface area contributed by atoms with Crippen molar-refractivity contribution < 1.29 is 4.74 Å². The third kappa shape index (κ3) is 2.64. The second-order valence-corrected chi connectivity index (χ2v) is 4.39. The minimum atomic E-state index is 0.435. The lowest BCUT2D eigenvalue weighted by Gasteiger charge is -2.26. The largest absolute Gasteiger partial charge is 0.493 e. The highest BCUT2D eigenvalue weighted by atomic mass is 16.5. The van der Waals surface area contributed by atoms with Gasteiger partial charge in [0.1, 0.15) is 5.75 Å². The third-order valence-electron chi connectivity index (χ3n) is 2.90. The van der Waals surface area contributed by atoms with E-state index in [0.29, 0.717) is 6.04 Å².